The SMILES string of the molecule is CS(=O)(=O)NCCOc1ncc2cccc(Cl)/c(=C/Cl)n3c(CO)cc(=O)c1c23. The summed E-state index contributed by atoms with van der Waals surface area (Å²) < 4.78 is 31.8. The van der Waals surface area contributed by atoms with Gasteiger partial charge in [0.15, 0.2) is 5.43 Å². The highest BCUT2D eigenvalue weighted by Gasteiger charge is 2.16. The lowest BCUT2D eigenvalue weighted by atomic mass is 10.1. The van der Waals surface area contributed by atoms with Crippen molar-refractivity contribution in [1.82, 2.24) is 14.1 Å². The third-order valence-electron chi connectivity index (χ3n) is 4.07. The summed E-state index contributed by atoms with van der Waals surface area (Å²) in [5.74, 6) is 0.0327. The molecule has 0 radical (unpaired) electrons. The Balaban J connectivity index is 2.32. The van der Waals surface area contributed by atoms with Gasteiger partial charge in [0.1, 0.15) is 12.0 Å². The van der Waals surface area contributed by atoms with Crippen molar-refractivity contribution in [2.45, 2.75) is 6.61 Å². The van der Waals surface area contributed by atoms with Crippen molar-refractivity contribution < 1.29 is 18.3 Å². The molecule has 0 saturated carbocycles. The van der Waals surface area contributed by atoms with Crippen LogP contribution in [0.15, 0.2) is 35.3 Å². The van der Waals surface area contributed by atoms with E-state index in [0.717, 1.165) is 6.26 Å². The third-order valence-corrected chi connectivity index (χ3v) is 5.33. The van der Waals surface area contributed by atoms with Gasteiger partial charge in [-0.2, -0.15) is 0 Å². The van der Waals surface area contributed by atoms with Crippen molar-refractivity contribution in [2.24, 2.45) is 0 Å². The quantitative estimate of drug-likeness (QED) is 0.537. The minimum absolute atomic E-state index is 0.00791. The summed E-state index contributed by atoms with van der Waals surface area (Å²) >= 11 is 12.3. The van der Waals surface area contributed by atoms with Crippen molar-refractivity contribution in [3.63, 3.8) is 0 Å². The molecule has 2 N–H and O–H groups in total. The molecule has 3 aromatic rings. The highest BCUT2D eigenvalue weighted by Crippen LogP contribution is 2.24. The van der Waals surface area contributed by atoms with Crippen molar-refractivity contribution >= 4 is 55.0 Å². The van der Waals surface area contributed by atoms with Gasteiger partial charge in [0.25, 0.3) is 0 Å². The largest absolute Gasteiger partial charge is 0.476 e. The second kappa shape index (κ2) is 8.68. The lowest BCUT2D eigenvalue weighted by molar-refractivity contribution is 0.275. The molecule has 0 aliphatic heterocycles. The maximum absolute atomic E-state index is 12.8. The van der Waals surface area contributed by atoms with E-state index in [1.165, 1.54) is 17.8 Å². The first-order valence-electron chi connectivity index (χ1n) is 8.37. The van der Waals surface area contributed by atoms with Gasteiger partial charge in [0, 0.05) is 29.7 Å². The summed E-state index contributed by atoms with van der Waals surface area (Å²) in [7, 11) is -3.37. The summed E-state index contributed by atoms with van der Waals surface area (Å²) in [6.45, 7) is -0.456. The number of aliphatic hydroxyl groups excluding tert-OH is 1. The Morgan fingerprint density at radius 2 is 2.14 bits per heavy atom. The Labute approximate surface area is 176 Å². The number of halogens is 2. The van der Waals surface area contributed by atoms with Gasteiger partial charge in [-0.25, -0.2) is 18.1 Å². The number of rotatable bonds is 6. The maximum Gasteiger partial charge on any atom is 0.226 e. The number of ether oxygens (including phenoxy) is 1. The summed E-state index contributed by atoms with van der Waals surface area (Å²) in [5, 5.41) is 11.2. The second-order valence-electron chi connectivity index (χ2n) is 6.12. The summed E-state index contributed by atoms with van der Waals surface area (Å²) in [6, 6.07) is 6.29. The van der Waals surface area contributed by atoms with Gasteiger partial charge in [0.05, 0.1) is 34.4 Å². The lowest BCUT2D eigenvalue weighted by Crippen LogP contribution is -2.27. The molecule has 0 aliphatic carbocycles. The molecule has 3 aromatic heterocycles. The monoisotopic (exact) mass is 457 g/mol. The first-order chi connectivity index (χ1) is 13.8. The summed E-state index contributed by atoms with van der Waals surface area (Å²) in [4.78, 5) is 17.0. The molecule has 0 unspecified atom stereocenters. The minimum Gasteiger partial charge on any atom is -0.476 e. The standard InChI is InChI=1S/C18H17Cl2N3O5S/c1-29(26,27)22-5-6-28-18-16-15(25)7-12(10-24)23-14(8-19)13(20)4-2-3-11(9-21-18)17(16)23/h2-4,7-9,22,24H,5-6,10H2,1H3/b3-2?,13-4?,14-8-. The number of aromatic nitrogens is 2. The molecule has 0 spiro atoms. The molecule has 154 valence electrons. The number of hydrogen-bond acceptors (Lipinski definition) is 6. The summed E-state index contributed by atoms with van der Waals surface area (Å²) in [5.41, 5.74) is 1.54. The van der Waals surface area contributed by atoms with Crippen LogP contribution in [-0.2, 0) is 16.6 Å². The molecule has 0 fully saturated rings. The van der Waals surface area contributed by atoms with Gasteiger partial charge in [-0.05, 0) is 6.07 Å². The number of hydrogen-bond donors (Lipinski definition) is 2. The van der Waals surface area contributed by atoms with Crippen LogP contribution >= 0.6 is 23.2 Å². The van der Waals surface area contributed by atoms with Gasteiger partial charge >= 0.3 is 0 Å². The molecule has 0 atom stereocenters. The van der Waals surface area contributed by atoms with Crippen LogP contribution in [0.1, 0.15) is 5.69 Å². The second-order valence-corrected chi connectivity index (χ2v) is 8.58. The number of pyridine rings is 2. The third kappa shape index (κ3) is 4.54. The van der Waals surface area contributed by atoms with Crippen LogP contribution in [0.2, 0.25) is 5.02 Å². The van der Waals surface area contributed by atoms with Crippen LogP contribution < -0.4 is 20.2 Å². The average molecular weight is 458 g/mol. The zero-order valence-electron chi connectivity index (χ0n) is 15.2. The van der Waals surface area contributed by atoms with E-state index in [9.17, 15) is 18.3 Å². The Kier molecular flexibility index (Phi) is 6.45. The number of sulfonamides is 1. The number of nitrogens with one attached hydrogen (secondary N) is 1. The zero-order valence-corrected chi connectivity index (χ0v) is 17.6. The molecule has 8 nitrogen and oxygen atoms in total. The maximum atomic E-state index is 12.8. The number of aliphatic hydroxyl groups is 1. The van der Waals surface area contributed by atoms with Gasteiger partial charge < -0.3 is 14.2 Å². The van der Waals surface area contributed by atoms with E-state index in [1.54, 1.807) is 22.6 Å². The van der Waals surface area contributed by atoms with Crippen LogP contribution in [0.25, 0.3) is 21.8 Å². The highest BCUT2D eigenvalue weighted by atomic mass is 35.5. The van der Waals surface area contributed by atoms with Crippen LogP contribution in [0.4, 0.5) is 0 Å². The van der Waals surface area contributed by atoms with Gasteiger partial charge in [-0.15, -0.1) is 0 Å². The zero-order chi connectivity index (χ0) is 21.2. The van der Waals surface area contributed by atoms with E-state index in [-0.39, 0.29) is 30.1 Å². The Morgan fingerprint density at radius 3 is 2.79 bits per heavy atom. The van der Waals surface area contributed by atoms with Crippen molar-refractivity contribution in [3.8, 4) is 5.88 Å². The molecule has 0 aromatic carbocycles. The van der Waals surface area contributed by atoms with Gasteiger partial charge in [0.2, 0.25) is 15.9 Å². The Hall–Kier alpha value is -2.17. The Bertz CT molecular complexity index is 1320. The van der Waals surface area contributed by atoms with E-state index in [0.29, 0.717) is 21.3 Å². The summed E-state index contributed by atoms with van der Waals surface area (Å²) in [6.07, 6.45) is 2.54. The molecule has 0 amide bonds. The molecule has 0 bridgehead atoms. The van der Waals surface area contributed by atoms with Crippen LogP contribution in [0, 0.1) is 0 Å². The van der Waals surface area contributed by atoms with Crippen LogP contribution in [0.5, 0.6) is 5.88 Å². The van der Waals surface area contributed by atoms with Gasteiger partial charge in [-0.3, -0.25) is 4.79 Å². The predicted molar refractivity (Wildman–Crippen MR) is 113 cm³/mol. The first-order valence-corrected chi connectivity index (χ1v) is 11.1. The van der Waals surface area contributed by atoms with Crippen LogP contribution in [0.3, 0.4) is 0 Å². The smallest absolute Gasteiger partial charge is 0.226 e. The fourth-order valence-corrected chi connectivity index (χ4v) is 3.86. The first kappa shape index (κ1) is 21.5. The van der Waals surface area contributed by atoms with Crippen LogP contribution in [-0.4, -0.2) is 42.3 Å². The molecule has 29 heavy (non-hydrogen) atoms. The fourth-order valence-electron chi connectivity index (χ4n) is 2.92. The molecule has 0 saturated heterocycles. The highest BCUT2D eigenvalue weighted by molar-refractivity contribution is 7.88. The normalized spacial score (nSPS) is 12.6. The lowest BCUT2D eigenvalue weighted by Gasteiger charge is -2.14. The molecular formula is C18H17Cl2N3O5S. The molecular weight excluding hydrogens is 441 g/mol. The number of nitrogens with zero attached hydrogens (tertiary/aromatic N) is 2. The van der Waals surface area contributed by atoms with E-state index >= 15 is 0 Å². The van der Waals surface area contributed by atoms with Crippen molar-refractivity contribution in [3.05, 3.63) is 56.8 Å². The molecule has 11 heteroatoms. The molecule has 3 rings (SSSR count). The average Bonchev–Trinajstić information content (AvgIpc) is 2.65. The van der Waals surface area contributed by atoms with Crippen molar-refractivity contribution in [1.29, 1.82) is 0 Å². The van der Waals surface area contributed by atoms with E-state index in [4.69, 9.17) is 27.9 Å². The predicted octanol–water partition coefficient (Wildman–Crippen LogP) is 1.18. The van der Waals surface area contributed by atoms with E-state index in [2.05, 4.69) is 9.71 Å². The van der Waals surface area contributed by atoms with E-state index in [1.807, 2.05) is 0 Å². The van der Waals surface area contributed by atoms with E-state index < -0.39 is 22.1 Å². The minimum atomic E-state index is -3.37. The topological polar surface area (TPSA) is 110 Å². The fraction of sp³-hybridized carbons (Fsp3) is 0.222. The molecule has 3 heterocycles. The Morgan fingerprint density at radius 1 is 1.38 bits per heavy atom. The van der Waals surface area contributed by atoms with Gasteiger partial charge in [-0.1, -0.05) is 35.3 Å². The van der Waals surface area contributed by atoms with Crippen molar-refractivity contribution in [2.75, 3.05) is 19.4 Å². The molecule has 0 aliphatic rings.